The van der Waals surface area contributed by atoms with Crippen LogP contribution in [0.15, 0.2) is 10.6 Å². The van der Waals surface area contributed by atoms with Crippen molar-refractivity contribution in [2.75, 3.05) is 11.9 Å². The third-order valence-corrected chi connectivity index (χ3v) is 2.37. The maximum absolute atomic E-state index is 11.5. The van der Waals surface area contributed by atoms with Crippen LogP contribution >= 0.6 is 0 Å². The molecule has 0 saturated carbocycles. The molecule has 3 N–H and O–H groups in total. The molecule has 2 amide bonds. The van der Waals surface area contributed by atoms with Gasteiger partial charge in [-0.25, -0.2) is 4.79 Å². The summed E-state index contributed by atoms with van der Waals surface area (Å²) in [5, 5.41) is 17.8. The van der Waals surface area contributed by atoms with Crippen LogP contribution in [0.1, 0.15) is 19.6 Å². The zero-order valence-corrected chi connectivity index (χ0v) is 9.65. The van der Waals surface area contributed by atoms with E-state index < -0.39 is 0 Å². The Balaban J connectivity index is 2.42. The second kappa shape index (κ2) is 5.50. The lowest BCUT2D eigenvalue weighted by Crippen LogP contribution is -2.40. The number of nitrogens with zero attached hydrogens (tertiary/aromatic N) is 1. The van der Waals surface area contributed by atoms with E-state index in [1.165, 1.54) is 0 Å². The van der Waals surface area contributed by atoms with Crippen LogP contribution in [-0.2, 0) is 0 Å². The summed E-state index contributed by atoms with van der Waals surface area (Å²) >= 11 is 0. The van der Waals surface area contributed by atoms with Crippen LogP contribution in [0.2, 0.25) is 0 Å². The third kappa shape index (κ3) is 3.54. The van der Waals surface area contributed by atoms with E-state index in [0.29, 0.717) is 11.6 Å². The van der Waals surface area contributed by atoms with E-state index in [0.717, 1.165) is 0 Å². The van der Waals surface area contributed by atoms with Crippen molar-refractivity contribution < 1.29 is 14.4 Å². The van der Waals surface area contributed by atoms with Gasteiger partial charge in [-0.3, -0.25) is 5.32 Å². The number of carbonyl (C=O) groups is 1. The average Bonchev–Trinajstić information content (AvgIpc) is 2.62. The minimum Gasteiger partial charge on any atom is -0.396 e. The summed E-state index contributed by atoms with van der Waals surface area (Å²) in [5.74, 6) is 1.01. The van der Waals surface area contributed by atoms with Gasteiger partial charge in [0.25, 0.3) is 0 Å². The molecule has 1 aromatic heterocycles. The van der Waals surface area contributed by atoms with Gasteiger partial charge < -0.3 is 14.9 Å². The largest absolute Gasteiger partial charge is 0.396 e. The molecule has 0 radical (unpaired) electrons. The van der Waals surface area contributed by atoms with Crippen LogP contribution in [-0.4, -0.2) is 28.9 Å². The Morgan fingerprint density at radius 1 is 1.62 bits per heavy atom. The first kappa shape index (κ1) is 12.5. The van der Waals surface area contributed by atoms with E-state index in [2.05, 4.69) is 15.8 Å². The number of nitrogens with one attached hydrogen (secondary N) is 2. The van der Waals surface area contributed by atoms with Crippen molar-refractivity contribution in [1.82, 2.24) is 10.5 Å². The summed E-state index contributed by atoms with van der Waals surface area (Å²) in [5.41, 5.74) is 0. The van der Waals surface area contributed by atoms with E-state index in [1.807, 2.05) is 13.8 Å². The monoisotopic (exact) mass is 227 g/mol. The van der Waals surface area contributed by atoms with E-state index in [9.17, 15) is 4.79 Å². The molecule has 0 unspecified atom stereocenters. The smallest absolute Gasteiger partial charge is 0.320 e. The van der Waals surface area contributed by atoms with E-state index >= 15 is 0 Å². The number of aliphatic hydroxyl groups is 1. The molecule has 0 aliphatic rings. The summed E-state index contributed by atoms with van der Waals surface area (Å²) in [6, 6.07) is 1.15. The molecule has 0 fully saturated rings. The molecule has 0 aromatic carbocycles. The molecule has 2 atom stereocenters. The highest BCUT2D eigenvalue weighted by Gasteiger charge is 2.14. The number of hydrogen-bond donors (Lipinski definition) is 3. The Hall–Kier alpha value is -1.56. The van der Waals surface area contributed by atoms with E-state index in [1.54, 1.807) is 13.0 Å². The summed E-state index contributed by atoms with van der Waals surface area (Å²) in [4.78, 5) is 11.5. The van der Waals surface area contributed by atoms with Crippen molar-refractivity contribution in [1.29, 1.82) is 0 Å². The standard InChI is InChI=1S/C10H17N3O3/c1-6(5-14)8(3)11-10(15)12-9-4-7(2)16-13-9/h4,6,8,14H,5H2,1-3H3,(H2,11,12,13,15)/t6-,8+/m0/s1. The zero-order valence-electron chi connectivity index (χ0n) is 9.65. The first-order valence-electron chi connectivity index (χ1n) is 5.14. The van der Waals surface area contributed by atoms with Gasteiger partial charge in [0.2, 0.25) is 0 Å². The van der Waals surface area contributed by atoms with Gasteiger partial charge >= 0.3 is 6.03 Å². The van der Waals surface area contributed by atoms with Gasteiger partial charge in [0, 0.05) is 18.7 Å². The number of carbonyl (C=O) groups excluding carboxylic acids is 1. The molecule has 6 nitrogen and oxygen atoms in total. The normalized spacial score (nSPS) is 14.2. The summed E-state index contributed by atoms with van der Waals surface area (Å²) in [7, 11) is 0. The SMILES string of the molecule is Cc1cc(NC(=O)N[C@H](C)[C@@H](C)CO)no1. The van der Waals surface area contributed by atoms with E-state index in [-0.39, 0.29) is 24.6 Å². The van der Waals surface area contributed by atoms with Gasteiger partial charge in [0.15, 0.2) is 5.82 Å². The Kier molecular flexibility index (Phi) is 4.30. The fourth-order valence-corrected chi connectivity index (χ4v) is 1.08. The topological polar surface area (TPSA) is 87.4 Å². The van der Waals surface area contributed by atoms with Gasteiger partial charge in [-0.1, -0.05) is 12.1 Å². The number of aliphatic hydroxyl groups excluding tert-OH is 1. The van der Waals surface area contributed by atoms with Crippen molar-refractivity contribution in [3.63, 3.8) is 0 Å². The fourth-order valence-electron chi connectivity index (χ4n) is 1.08. The van der Waals surface area contributed by atoms with Crippen molar-refractivity contribution in [2.24, 2.45) is 5.92 Å². The minimum absolute atomic E-state index is 0.00444. The molecule has 6 heteroatoms. The molecule has 0 spiro atoms. The number of hydrogen-bond acceptors (Lipinski definition) is 4. The molecule has 0 saturated heterocycles. The van der Waals surface area contributed by atoms with Gasteiger partial charge in [-0.2, -0.15) is 0 Å². The van der Waals surface area contributed by atoms with Crippen LogP contribution in [0.4, 0.5) is 10.6 Å². The number of rotatable bonds is 4. The Labute approximate surface area is 94.0 Å². The Morgan fingerprint density at radius 3 is 2.81 bits per heavy atom. The predicted molar refractivity (Wildman–Crippen MR) is 59.1 cm³/mol. The number of aryl methyl sites for hydroxylation is 1. The van der Waals surface area contributed by atoms with E-state index in [4.69, 9.17) is 9.63 Å². The molecule has 1 heterocycles. The lowest BCUT2D eigenvalue weighted by Gasteiger charge is -2.18. The lowest BCUT2D eigenvalue weighted by atomic mass is 10.1. The second-order valence-corrected chi connectivity index (χ2v) is 3.87. The first-order valence-corrected chi connectivity index (χ1v) is 5.14. The molecule has 90 valence electrons. The maximum atomic E-state index is 11.5. The summed E-state index contributed by atoms with van der Waals surface area (Å²) < 4.78 is 4.81. The summed E-state index contributed by atoms with van der Waals surface area (Å²) in [6.07, 6.45) is 0. The van der Waals surface area contributed by atoms with Crippen LogP contribution < -0.4 is 10.6 Å². The number of anilines is 1. The molecule has 1 aromatic rings. The molecular formula is C10H17N3O3. The molecule has 16 heavy (non-hydrogen) atoms. The van der Waals surface area contributed by atoms with Crippen LogP contribution in [0.3, 0.4) is 0 Å². The maximum Gasteiger partial charge on any atom is 0.320 e. The Bertz CT molecular complexity index is 351. The molecule has 1 rings (SSSR count). The van der Waals surface area contributed by atoms with Gasteiger partial charge in [0.05, 0.1) is 0 Å². The number of urea groups is 1. The number of aromatic nitrogens is 1. The van der Waals surface area contributed by atoms with Crippen molar-refractivity contribution in [2.45, 2.75) is 26.8 Å². The van der Waals surface area contributed by atoms with Crippen molar-refractivity contribution in [3.8, 4) is 0 Å². The molecule has 0 bridgehead atoms. The fraction of sp³-hybridized carbons (Fsp3) is 0.600. The van der Waals surface area contributed by atoms with Crippen LogP contribution in [0, 0.1) is 12.8 Å². The highest BCUT2D eigenvalue weighted by molar-refractivity contribution is 5.88. The van der Waals surface area contributed by atoms with Gasteiger partial charge in [0.1, 0.15) is 5.76 Å². The van der Waals surface area contributed by atoms with Crippen molar-refractivity contribution >= 4 is 11.8 Å². The highest BCUT2D eigenvalue weighted by atomic mass is 16.5. The average molecular weight is 227 g/mol. The molecule has 0 aliphatic carbocycles. The Morgan fingerprint density at radius 2 is 2.31 bits per heavy atom. The van der Waals surface area contributed by atoms with Gasteiger partial charge in [-0.15, -0.1) is 0 Å². The molecule has 0 aliphatic heterocycles. The van der Waals surface area contributed by atoms with Crippen LogP contribution in [0.25, 0.3) is 0 Å². The zero-order chi connectivity index (χ0) is 12.1. The first-order chi connectivity index (χ1) is 7.52. The van der Waals surface area contributed by atoms with Crippen molar-refractivity contribution in [3.05, 3.63) is 11.8 Å². The predicted octanol–water partition coefficient (Wildman–Crippen LogP) is 1.12. The minimum atomic E-state index is -0.360. The van der Waals surface area contributed by atoms with Crippen LogP contribution in [0.5, 0.6) is 0 Å². The quantitative estimate of drug-likeness (QED) is 0.719. The molecular weight excluding hydrogens is 210 g/mol. The number of amides is 2. The second-order valence-electron chi connectivity index (χ2n) is 3.87. The van der Waals surface area contributed by atoms with Gasteiger partial charge in [-0.05, 0) is 19.8 Å². The third-order valence-electron chi connectivity index (χ3n) is 2.37. The highest BCUT2D eigenvalue weighted by Crippen LogP contribution is 2.07. The lowest BCUT2D eigenvalue weighted by molar-refractivity contribution is 0.204. The summed E-state index contributed by atoms with van der Waals surface area (Å²) in [6.45, 7) is 5.46.